The largest absolute Gasteiger partial charge is 0.418 e. The SMILES string of the molecule is CCN(CC)C(=O)C(c1ccccc1)N(CC)CC(=O)Nc1ccccc1C(F)(F)F. The van der Waals surface area contributed by atoms with E-state index in [0.717, 1.165) is 11.6 Å². The third-order valence-corrected chi connectivity index (χ3v) is 5.05. The van der Waals surface area contributed by atoms with Gasteiger partial charge in [-0.2, -0.15) is 13.2 Å². The minimum absolute atomic E-state index is 0.151. The van der Waals surface area contributed by atoms with Crippen molar-refractivity contribution in [2.45, 2.75) is 33.0 Å². The van der Waals surface area contributed by atoms with Gasteiger partial charge >= 0.3 is 6.18 Å². The van der Waals surface area contributed by atoms with Gasteiger partial charge in [0.2, 0.25) is 11.8 Å². The molecule has 2 rings (SSSR count). The second-order valence-electron chi connectivity index (χ2n) is 6.98. The number of nitrogens with zero attached hydrogens (tertiary/aromatic N) is 2. The fourth-order valence-corrected chi connectivity index (χ4v) is 3.45. The topological polar surface area (TPSA) is 52.7 Å². The van der Waals surface area contributed by atoms with Gasteiger partial charge in [0.25, 0.3) is 0 Å². The molecule has 2 aromatic carbocycles. The van der Waals surface area contributed by atoms with Gasteiger partial charge in [0.05, 0.1) is 17.8 Å². The first-order valence-electron chi connectivity index (χ1n) is 10.3. The van der Waals surface area contributed by atoms with Crippen molar-refractivity contribution in [2.24, 2.45) is 0 Å². The highest BCUT2D eigenvalue weighted by Crippen LogP contribution is 2.34. The monoisotopic (exact) mass is 435 g/mol. The molecule has 8 heteroatoms. The molecule has 5 nitrogen and oxygen atoms in total. The molecule has 31 heavy (non-hydrogen) atoms. The van der Waals surface area contributed by atoms with Crippen LogP contribution in [0.5, 0.6) is 0 Å². The molecule has 0 radical (unpaired) electrons. The molecule has 1 unspecified atom stereocenters. The number of amides is 2. The molecule has 0 fully saturated rings. The van der Waals surface area contributed by atoms with E-state index in [2.05, 4.69) is 5.32 Å². The second-order valence-corrected chi connectivity index (χ2v) is 6.98. The van der Waals surface area contributed by atoms with Crippen LogP contribution in [0.15, 0.2) is 54.6 Å². The van der Waals surface area contributed by atoms with Crippen LogP contribution in [-0.2, 0) is 15.8 Å². The number of halogens is 3. The van der Waals surface area contributed by atoms with Gasteiger partial charge in [-0.15, -0.1) is 0 Å². The summed E-state index contributed by atoms with van der Waals surface area (Å²) in [6, 6.07) is 13.2. The Morgan fingerprint density at radius 1 is 0.903 bits per heavy atom. The second kappa shape index (κ2) is 10.9. The van der Waals surface area contributed by atoms with Crippen LogP contribution in [0, 0.1) is 0 Å². The Kier molecular flexibility index (Phi) is 8.62. The standard InChI is InChI=1S/C23H28F3N3O2/c1-4-28(5-2)22(31)21(17-12-8-7-9-13-17)29(6-3)16-20(30)27-19-15-11-10-14-18(19)23(24,25)26/h7-15,21H,4-6,16H2,1-3H3,(H,27,30). The third kappa shape index (κ3) is 6.30. The predicted octanol–water partition coefficient (Wildman–Crippen LogP) is 4.58. The Morgan fingerprint density at radius 2 is 1.48 bits per heavy atom. The fourth-order valence-electron chi connectivity index (χ4n) is 3.45. The Morgan fingerprint density at radius 3 is 2.03 bits per heavy atom. The lowest BCUT2D eigenvalue weighted by Gasteiger charge is -2.33. The van der Waals surface area contributed by atoms with Gasteiger partial charge in [-0.25, -0.2) is 0 Å². The zero-order chi connectivity index (χ0) is 23.0. The Labute approximate surface area is 180 Å². The summed E-state index contributed by atoms with van der Waals surface area (Å²) in [6.45, 7) is 6.72. The molecule has 0 spiro atoms. The number of nitrogens with one attached hydrogen (secondary N) is 1. The molecule has 2 aromatic rings. The van der Waals surface area contributed by atoms with Gasteiger partial charge in [-0.3, -0.25) is 14.5 Å². The molecule has 0 saturated heterocycles. The van der Waals surface area contributed by atoms with E-state index in [0.29, 0.717) is 19.6 Å². The number of benzene rings is 2. The van der Waals surface area contributed by atoms with E-state index in [1.165, 1.54) is 18.2 Å². The van der Waals surface area contributed by atoms with Crippen molar-refractivity contribution in [2.75, 3.05) is 31.5 Å². The Hall–Kier alpha value is -2.87. The molecule has 0 bridgehead atoms. The molecule has 0 aliphatic rings. The quantitative estimate of drug-likeness (QED) is 0.628. The molecule has 0 heterocycles. The first-order valence-corrected chi connectivity index (χ1v) is 10.3. The average molecular weight is 435 g/mol. The maximum Gasteiger partial charge on any atom is 0.418 e. The number of hydrogen-bond donors (Lipinski definition) is 1. The van der Waals surface area contributed by atoms with E-state index >= 15 is 0 Å². The Balaban J connectivity index is 2.29. The molecular weight excluding hydrogens is 407 g/mol. The summed E-state index contributed by atoms with van der Waals surface area (Å²) in [7, 11) is 0. The van der Waals surface area contributed by atoms with Gasteiger partial charge in [-0.1, -0.05) is 49.4 Å². The average Bonchev–Trinajstić information content (AvgIpc) is 2.74. The van der Waals surface area contributed by atoms with Crippen LogP contribution in [0.25, 0.3) is 0 Å². The first kappa shape index (κ1) is 24.4. The molecule has 0 aliphatic heterocycles. The molecule has 0 aliphatic carbocycles. The van der Waals surface area contributed by atoms with Crippen molar-refractivity contribution in [3.05, 3.63) is 65.7 Å². The van der Waals surface area contributed by atoms with E-state index < -0.39 is 23.7 Å². The van der Waals surface area contributed by atoms with Crippen molar-refractivity contribution in [1.29, 1.82) is 0 Å². The van der Waals surface area contributed by atoms with Gasteiger partial charge < -0.3 is 10.2 Å². The lowest BCUT2D eigenvalue weighted by Crippen LogP contribution is -2.45. The lowest BCUT2D eigenvalue weighted by atomic mass is 10.0. The number of carbonyl (C=O) groups is 2. The lowest BCUT2D eigenvalue weighted by molar-refractivity contribution is -0.137. The van der Waals surface area contributed by atoms with E-state index in [4.69, 9.17) is 0 Å². The maximum atomic E-state index is 13.2. The van der Waals surface area contributed by atoms with E-state index in [1.54, 1.807) is 9.80 Å². The molecule has 0 aromatic heterocycles. The summed E-state index contributed by atoms with van der Waals surface area (Å²) < 4.78 is 39.7. The van der Waals surface area contributed by atoms with Gasteiger partial charge in [0.1, 0.15) is 6.04 Å². The number of para-hydroxylation sites is 1. The van der Waals surface area contributed by atoms with Crippen LogP contribution >= 0.6 is 0 Å². The number of rotatable bonds is 9. The molecular formula is C23H28F3N3O2. The van der Waals surface area contributed by atoms with Gasteiger partial charge in [0.15, 0.2) is 0 Å². The van der Waals surface area contributed by atoms with Crippen LogP contribution in [0.3, 0.4) is 0 Å². The van der Waals surface area contributed by atoms with Crippen LogP contribution in [0.4, 0.5) is 18.9 Å². The van der Waals surface area contributed by atoms with E-state index in [9.17, 15) is 22.8 Å². The first-order chi connectivity index (χ1) is 14.7. The summed E-state index contributed by atoms with van der Waals surface area (Å²) in [5.74, 6) is -0.770. The number of anilines is 1. The van der Waals surface area contributed by atoms with Crippen molar-refractivity contribution in [3.8, 4) is 0 Å². The minimum Gasteiger partial charge on any atom is -0.342 e. The smallest absolute Gasteiger partial charge is 0.342 e. The number of alkyl halides is 3. The Bertz CT molecular complexity index is 868. The van der Waals surface area contributed by atoms with Crippen LogP contribution in [-0.4, -0.2) is 47.8 Å². The molecule has 0 saturated carbocycles. The number of carbonyl (C=O) groups excluding carboxylic acids is 2. The molecule has 168 valence electrons. The summed E-state index contributed by atoms with van der Waals surface area (Å²) in [5.41, 5.74) is -0.489. The summed E-state index contributed by atoms with van der Waals surface area (Å²) >= 11 is 0. The third-order valence-electron chi connectivity index (χ3n) is 5.05. The van der Waals surface area contributed by atoms with Crippen molar-refractivity contribution in [1.82, 2.24) is 9.80 Å². The highest BCUT2D eigenvalue weighted by Gasteiger charge is 2.34. The van der Waals surface area contributed by atoms with Crippen LogP contribution in [0.2, 0.25) is 0 Å². The van der Waals surface area contributed by atoms with Gasteiger partial charge in [-0.05, 0) is 38.1 Å². The zero-order valence-electron chi connectivity index (χ0n) is 17.9. The van der Waals surface area contributed by atoms with Gasteiger partial charge in [0, 0.05) is 13.1 Å². The molecule has 1 N–H and O–H groups in total. The van der Waals surface area contributed by atoms with Crippen molar-refractivity contribution in [3.63, 3.8) is 0 Å². The van der Waals surface area contributed by atoms with Crippen LogP contribution in [0.1, 0.15) is 37.9 Å². The zero-order valence-corrected chi connectivity index (χ0v) is 17.9. The summed E-state index contributed by atoms with van der Waals surface area (Å²) in [4.78, 5) is 29.3. The van der Waals surface area contributed by atoms with E-state index in [-0.39, 0.29) is 18.1 Å². The predicted molar refractivity (Wildman–Crippen MR) is 114 cm³/mol. The number of hydrogen-bond acceptors (Lipinski definition) is 3. The van der Waals surface area contributed by atoms with E-state index in [1.807, 2.05) is 51.1 Å². The minimum atomic E-state index is -4.58. The highest BCUT2D eigenvalue weighted by atomic mass is 19.4. The normalized spacial score (nSPS) is 12.5. The summed E-state index contributed by atoms with van der Waals surface area (Å²) in [6.07, 6.45) is -4.58. The molecule has 1 atom stereocenters. The fraction of sp³-hybridized carbons (Fsp3) is 0.391. The van der Waals surface area contributed by atoms with Crippen LogP contribution < -0.4 is 5.32 Å². The number of likely N-dealkylation sites (N-methyl/N-ethyl adjacent to an activating group) is 2. The maximum absolute atomic E-state index is 13.2. The highest BCUT2D eigenvalue weighted by molar-refractivity contribution is 5.93. The molecule has 2 amide bonds. The van der Waals surface area contributed by atoms with Crippen molar-refractivity contribution < 1.29 is 22.8 Å². The van der Waals surface area contributed by atoms with Crippen molar-refractivity contribution >= 4 is 17.5 Å². The summed E-state index contributed by atoms with van der Waals surface area (Å²) in [5, 5.41) is 2.36.